The molecule has 0 spiro atoms. The SMILES string of the molecule is CCCCCCCCCCOc1ccc(C=Nc2ccc(/C=C/C(=O)OC(C)CC)cc2)cc1. The molecule has 4 heteroatoms. The molecule has 0 aliphatic rings. The number of carbonyl (C=O) groups excluding carboxylic acids is 1. The highest BCUT2D eigenvalue weighted by Crippen LogP contribution is 2.16. The number of rotatable bonds is 16. The Labute approximate surface area is 206 Å². The molecular formula is C30H41NO3. The normalized spacial score (nSPS) is 12.3. The zero-order valence-electron chi connectivity index (χ0n) is 21.2. The van der Waals surface area contributed by atoms with Gasteiger partial charge in [0.05, 0.1) is 18.4 Å². The number of carbonyl (C=O) groups is 1. The molecule has 2 aromatic carbocycles. The van der Waals surface area contributed by atoms with Crippen molar-refractivity contribution in [2.75, 3.05) is 6.61 Å². The van der Waals surface area contributed by atoms with Crippen LogP contribution in [-0.4, -0.2) is 24.9 Å². The maximum absolute atomic E-state index is 11.7. The molecule has 0 heterocycles. The Hall–Kier alpha value is -2.88. The van der Waals surface area contributed by atoms with Gasteiger partial charge in [0, 0.05) is 12.3 Å². The second-order valence-electron chi connectivity index (χ2n) is 8.73. The summed E-state index contributed by atoms with van der Waals surface area (Å²) < 4.78 is 11.1. The smallest absolute Gasteiger partial charge is 0.331 e. The molecule has 0 bridgehead atoms. The summed E-state index contributed by atoms with van der Waals surface area (Å²) in [7, 11) is 0. The maximum Gasteiger partial charge on any atom is 0.331 e. The van der Waals surface area contributed by atoms with Crippen LogP contribution in [0.15, 0.2) is 59.6 Å². The van der Waals surface area contributed by atoms with Gasteiger partial charge in [0.2, 0.25) is 0 Å². The highest BCUT2D eigenvalue weighted by atomic mass is 16.5. The van der Waals surface area contributed by atoms with Crippen LogP contribution in [0, 0.1) is 0 Å². The number of nitrogens with zero attached hydrogens (tertiary/aromatic N) is 1. The van der Waals surface area contributed by atoms with Crippen molar-refractivity contribution < 1.29 is 14.3 Å². The van der Waals surface area contributed by atoms with E-state index in [2.05, 4.69) is 11.9 Å². The molecule has 0 amide bonds. The lowest BCUT2D eigenvalue weighted by Crippen LogP contribution is -2.11. The molecular weight excluding hydrogens is 422 g/mol. The highest BCUT2D eigenvalue weighted by molar-refractivity contribution is 5.87. The molecule has 0 aliphatic carbocycles. The Morgan fingerprint density at radius 3 is 2.12 bits per heavy atom. The van der Waals surface area contributed by atoms with Crippen molar-refractivity contribution in [3.63, 3.8) is 0 Å². The minimum Gasteiger partial charge on any atom is -0.494 e. The van der Waals surface area contributed by atoms with E-state index >= 15 is 0 Å². The minimum absolute atomic E-state index is 0.0654. The number of benzene rings is 2. The lowest BCUT2D eigenvalue weighted by molar-refractivity contribution is -0.142. The van der Waals surface area contributed by atoms with Crippen LogP contribution in [0.4, 0.5) is 5.69 Å². The van der Waals surface area contributed by atoms with Crippen molar-refractivity contribution >= 4 is 23.9 Å². The molecule has 2 rings (SSSR count). The highest BCUT2D eigenvalue weighted by Gasteiger charge is 2.03. The van der Waals surface area contributed by atoms with Crippen molar-refractivity contribution in [1.29, 1.82) is 0 Å². The van der Waals surface area contributed by atoms with Crippen molar-refractivity contribution in [2.45, 2.75) is 84.7 Å². The summed E-state index contributed by atoms with van der Waals surface area (Å²) in [5, 5.41) is 0. The Bertz CT molecular complexity index is 869. The van der Waals surface area contributed by atoms with E-state index in [-0.39, 0.29) is 12.1 Å². The van der Waals surface area contributed by atoms with E-state index in [0.29, 0.717) is 0 Å². The monoisotopic (exact) mass is 463 g/mol. The molecule has 1 atom stereocenters. The van der Waals surface area contributed by atoms with Crippen LogP contribution in [0.1, 0.15) is 89.7 Å². The molecule has 0 fully saturated rings. The van der Waals surface area contributed by atoms with Crippen LogP contribution in [-0.2, 0) is 9.53 Å². The number of aliphatic imine (C=N–C) groups is 1. The van der Waals surface area contributed by atoms with Crippen molar-refractivity contribution in [3.05, 3.63) is 65.7 Å². The molecule has 34 heavy (non-hydrogen) atoms. The van der Waals surface area contributed by atoms with Crippen molar-refractivity contribution in [2.24, 2.45) is 4.99 Å². The van der Waals surface area contributed by atoms with E-state index in [1.807, 2.05) is 68.6 Å². The van der Waals surface area contributed by atoms with E-state index in [1.165, 1.54) is 51.0 Å². The van der Waals surface area contributed by atoms with Gasteiger partial charge < -0.3 is 9.47 Å². The fourth-order valence-electron chi connectivity index (χ4n) is 3.38. The van der Waals surface area contributed by atoms with Gasteiger partial charge in [0.25, 0.3) is 0 Å². The van der Waals surface area contributed by atoms with Gasteiger partial charge in [0.15, 0.2) is 0 Å². The van der Waals surface area contributed by atoms with Gasteiger partial charge in [-0.1, -0.05) is 70.9 Å². The minimum atomic E-state index is -0.318. The number of esters is 1. The second kappa shape index (κ2) is 16.7. The largest absolute Gasteiger partial charge is 0.494 e. The predicted molar refractivity (Wildman–Crippen MR) is 143 cm³/mol. The van der Waals surface area contributed by atoms with Gasteiger partial charge in [-0.3, -0.25) is 4.99 Å². The standard InChI is InChI=1S/C30H41NO3/c1-4-6-7-8-9-10-11-12-23-33-29-20-15-27(16-21-29)24-31-28-18-13-26(14-19-28)17-22-30(32)34-25(3)5-2/h13-22,24-25H,4-12,23H2,1-3H3/b22-17+,31-24?. The van der Waals surface area contributed by atoms with Crippen LogP contribution < -0.4 is 4.74 Å². The summed E-state index contributed by atoms with van der Waals surface area (Å²) in [5.74, 6) is 0.588. The van der Waals surface area contributed by atoms with E-state index in [4.69, 9.17) is 9.47 Å². The lowest BCUT2D eigenvalue weighted by Gasteiger charge is -2.07. The van der Waals surface area contributed by atoms with Crippen LogP contribution in [0.2, 0.25) is 0 Å². The van der Waals surface area contributed by atoms with Gasteiger partial charge >= 0.3 is 5.97 Å². The molecule has 0 saturated heterocycles. The van der Waals surface area contributed by atoms with Crippen molar-refractivity contribution in [3.8, 4) is 5.75 Å². The average Bonchev–Trinajstić information content (AvgIpc) is 2.86. The van der Waals surface area contributed by atoms with Gasteiger partial charge in [-0.05, 0) is 73.4 Å². The summed E-state index contributed by atoms with van der Waals surface area (Å²) in [4.78, 5) is 16.3. The van der Waals surface area contributed by atoms with Gasteiger partial charge in [0.1, 0.15) is 5.75 Å². The van der Waals surface area contributed by atoms with E-state index in [1.54, 1.807) is 6.08 Å². The first-order chi connectivity index (χ1) is 16.6. The third-order valence-corrected chi connectivity index (χ3v) is 5.71. The summed E-state index contributed by atoms with van der Waals surface area (Å²) in [6.45, 7) is 6.91. The summed E-state index contributed by atoms with van der Waals surface area (Å²) in [6, 6.07) is 15.8. The van der Waals surface area contributed by atoms with E-state index in [9.17, 15) is 4.79 Å². The second-order valence-corrected chi connectivity index (χ2v) is 8.73. The van der Waals surface area contributed by atoms with Gasteiger partial charge in [-0.15, -0.1) is 0 Å². The molecule has 1 unspecified atom stereocenters. The third-order valence-electron chi connectivity index (χ3n) is 5.71. The first-order valence-electron chi connectivity index (χ1n) is 12.9. The van der Waals surface area contributed by atoms with E-state index < -0.39 is 0 Å². The van der Waals surface area contributed by atoms with Gasteiger partial charge in [-0.2, -0.15) is 0 Å². The van der Waals surface area contributed by atoms with Gasteiger partial charge in [-0.25, -0.2) is 4.79 Å². The molecule has 0 N–H and O–H groups in total. The van der Waals surface area contributed by atoms with Crippen molar-refractivity contribution in [1.82, 2.24) is 0 Å². The summed E-state index contributed by atoms with van der Waals surface area (Å²) in [6.07, 6.45) is 16.2. The zero-order valence-corrected chi connectivity index (χ0v) is 21.2. The molecule has 0 saturated carbocycles. The van der Waals surface area contributed by atoms with Crippen LogP contribution >= 0.6 is 0 Å². The maximum atomic E-state index is 11.7. The van der Waals surface area contributed by atoms with Crippen LogP contribution in [0.3, 0.4) is 0 Å². The number of hydrogen-bond donors (Lipinski definition) is 0. The number of ether oxygens (including phenoxy) is 2. The Balaban J connectivity index is 1.70. The number of hydrogen-bond acceptors (Lipinski definition) is 4. The molecule has 0 radical (unpaired) electrons. The van der Waals surface area contributed by atoms with Crippen LogP contribution in [0.5, 0.6) is 5.75 Å². The summed E-state index contributed by atoms with van der Waals surface area (Å²) in [5.41, 5.74) is 2.81. The predicted octanol–water partition coefficient (Wildman–Crippen LogP) is 8.31. The average molecular weight is 464 g/mol. The number of unbranched alkanes of at least 4 members (excludes halogenated alkanes) is 7. The van der Waals surface area contributed by atoms with E-state index in [0.717, 1.165) is 42.0 Å². The third kappa shape index (κ3) is 11.8. The molecule has 0 aromatic heterocycles. The lowest BCUT2D eigenvalue weighted by atomic mass is 10.1. The van der Waals surface area contributed by atoms with Crippen LogP contribution in [0.25, 0.3) is 6.08 Å². The Morgan fingerprint density at radius 1 is 0.853 bits per heavy atom. The molecule has 4 nitrogen and oxygen atoms in total. The first-order valence-corrected chi connectivity index (χ1v) is 12.9. The first kappa shape index (κ1) is 27.4. The topological polar surface area (TPSA) is 47.9 Å². The summed E-state index contributed by atoms with van der Waals surface area (Å²) >= 11 is 0. The Morgan fingerprint density at radius 2 is 1.47 bits per heavy atom. The Kier molecular flexibility index (Phi) is 13.4. The molecule has 184 valence electrons. The fourth-order valence-corrected chi connectivity index (χ4v) is 3.38. The fraction of sp³-hybridized carbons (Fsp3) is 0.467. The molecule has 0 aliphatic heterocycles. The quantitative estimate of drug-likeness (QED) is 0.109. The molecule has 2 aromatic rings. The zero-order chi connectivity index (χ0) is 24.4.